The van der Waals surface area contributed by atoms with Crippen LogP contribution in [0.1, 0.15) is 0 Å². The van der Waals surface area contributed by atoms with E-state index in [1.54, 1.807) is 0 Å². The second-order valence-corrected chi connectivity index (χ2v) is 4.90. The summed E-state index contributed by atoms with van der Waals surface area (Å²) in [5.41, 5.74) is -0.504. The van der Waals surface area contributed by atoms with Gasteiger partial charge in [-0.05, 0) is 12.1 Å². The van der Waals surface area contributed by atoms with Crippen molar-refractivity contribution in [2.24, 2.45) is 0 Å². The standard InChI is InChI=1S/C10H7NO6S/c12-8-5-4-7(11(13)14)10-6(8)2-1-3-9(10)18(15,16)17/h1-5,12H,(H,15,16,17). The van der Waals surface area contributed by atoms with Crippen LogP contribution in [0.2, 0.25) is 0 Å². The molecule has 0 amide bonds. The molecule has 8 heteroatoms. The number of rotatable bonds is 2. The lowest BCUT2D eigenvalue weighted by molar-refractivity contribution is -0.383. The first-order valence-electron chi connectivity index (χ1n) is 4.69. The fraction of sp³-hybridized carbons (Fsp3) is 0. The van der Waals surface area contributed by atoms with E-state index in [0.29, 0.717) is 0 Å². The van der Waals surface area contributed by atoms with E-state index in [1.807, 2.05) is 0 Å². The quantitative estimate of drug-likeness (QED) is 0.486. The van der Waals surface area contributed by atoms with Crippen LogP contribution in [-0.2, 0) is 10.1 Å². The summed E-state index contributed by atoms with van der Waals surface area (Å²) in [5, 5.41) is 20.1. The maximum absolute atomic E-state index is 11.2. The van der Waals surface area contributed by atoms with Crippen LogP contribution >= 0.6 is 0 Å². The van der Waals surface area contributed by atoms with Crippen molar-refractivity contribution in [3.63, 3.8) is 0 Å². The third kappa shape index (κ3) is 1.87. The van der Waals surface area contributed by atoms with Crippen molar-refractivity contribution < 1.29 is 23.0 Å². The molecule has 0 aliphatic carbocycles. The average Bonchev–Trinajstić information content (AvgIpc) is 2.27. The minimum Gasteiger partial charge on any atom is -0.507 e. The molecule has 7 nitrogen and oxygen atoms in total. The Morgan fingerprint density at radius 2 is 1.83 bits per heavy atom. The van der Waals surface area contributed by atoms with E-state index >= 15 is 0 Å². The summed E-state index contributed by atoms with van der Waals surface area (Å²) in [6.45, 7) is 0. The molecular weight excluding hydrogens is 262 g/mol. The summed E-state index contributed by atoms with van der Waals surface area (Å²) in [4.78, 5) is 9.46. The number of fused-ring (bicyclic) bond motifs is 1. The minimum absolute atomic E-state index is 0.0145. The van der Waals surface area contributed by atoms with Crippen LogP contribution in [0.25, 0.3) is 10.8 Å². The molecule has 0 saturated carbocycles. The highest BCUT2D eigenvalue weighted by Crippen LogP contribution is 2.36. The van der Waals surface area contributed by atoms with Gasteiger partial charge in [0.15, 0.2) is 0 Å². The fourth-order valence-electron chi connectivity index (χ4n) is 1.71. The van der Waals surface area contributed by atoms with Gasteiger partial charge in [0.05, 0.1) is 10.3 Å². The van der Waals surface area contributed by atoms with E-state index in [4.69, 9.17) is 4.55 Å². The van der Waals surface area contributed by atoms with Gasteiger partial charge in [0.2, 0.25) is 0 Å². The number of hydrogen-bond donors (Lipinski definition) is 2. The first-order valence-corrected chi connectivity index (χ1v) is 6.13. The van der Waals surface area contributed by atoms with Gasteiger partial charge in [-0.3, -0.25) is 14.7 Å². The van der Waals surface area contributed by atoms with E-state index in [9.17, 15) is 23.6 Å². The molecule has 0 heterocycles. The SMILES string of the molecule is O=[N+]([O-])c1ccc(O)c2cccc(S(=O)(=O)O)c12. The molecule has 18 heavy (non-hydrogen) atoms. The van der Waals surface area contributed by atoms with Gasteiger partial charge in [-0.1, -0.05) is 12.1 Å². The number of hydrogen-bond acceptors (Lipinski definition) is 5. The molecular formula is C10H7NO6S. The van der Waals surface area contributed by atoms with Crippen molar-refractivity contribution in [1.29, 1.82) is 0 Å². The molecule has 0 aliphatic heterocycles. The Kier molecular flexibility index (Phi) is 2.68. The molecule has 0 bridgehead atoms. The van der Waals surface area contributed by atoms with Crippen LogP contribution in [0.4, 0.5) is 5.69 Å². The van der Waals surface area contributed by atoms with Crippen molar-refractivity contribution in [3.05, 3.63) is 40.4 Å². The second-order valence-electron chi connectivity index (χ2n) is 3.51. The van der Waals surface area contributed by atoms with E-state index in [-0.39, 0.29) is 16.5 Å². The van der Waals surface area contributed by atoms with Gasteiger partial charge in [-0.2, -0.15) is 8.42 Å². The van der Waals surface area contributed by atoms with Gasteiger partial charge in [0.1, 0.15) is 10.6 Å². The van der Waals surface area contributed by atoms with Gasteiger partial charge in [0.25, 0.3) is 15.8 Å². The van der Waals surface area contributed by atoms with Crippen molar-refractivity contribution in [3.8, 4) is 5.75 Å². The predicted molar refractivity (Wildman–Crippen MR) is 62.1 cm³/mol. The highest BCUT2D eigenvalue weighted by Gasteiger charge is 2.23. The molecule has 0 spiro atoms. The Hall–Kier alpha value is -2.19. The number of nitro groups is 1. The van der Waals surface area contributed by atoms with E-state index in [0.717, 1.165) is 18.2 Å². The van der Waals surface area contributed by atoms with Crippen LogP contribution in [0.15, 0.2) is 35.2 Å². The molecule has 0 aliphatic rings. The number of benzene rings is 2. The first-order chi connectivity index (χ1) is 8.32. The normalized spacial score (nSPS) is 11.6. The van der Waals surface area contributed by atoms with E-state index < -0.39 is 25.6 Å². The summed E-state index contributed by atoms with van der Waals surface area (Å²) in [7, 11) is -4.62. The summed E-state index contributed by atoms with van der Waals surface area (Å²) in [6, 6.07) is 5.70. The van der Waals surface area contributed by atoms with Crippen molar-refractivity contribution in [2.75, 3.05) is 0 Å². The average molecular weight is 269 g/mol. The molecule has 2 rings (SSSR count). The predicted octanol–water partition coefficient (Wildman–Crippen LogP) is 1.70. The first kappa shape index (κ1) is 12.3. The number of phenols is 1. The lowest BCUT2D eigenvalue weighted by atomic mass is 10.1. The van der Waals surface area contributed by atoms with Crippen molar-refractivity contribution >= 4 is 26.6 Å². The number of nitrogens with zero attached hydrogens (tertiary/aromatic N) is 1. The van der Waals surface area contributed by atoms with Crippen LogP contribution < -0.4 is 0 Å². The molecule has 2 aromatic rings. The smallest absolute Gasteiger partial charge is 0.295 e. The molecule has 0 saturated heterocycles. The van der Waals surface area contributed by atoms with Crippen LogP contribution in [0.3, 0.4) is 0 Å². The van der Waals surface area contributed by atoms with Crippen molar-refractivity contribution in [1.82, 2.24) is 0 Å². The Labute approximate surface area is 101 Å². The van der Waals surface area contributed by atoms with Crippen LogP contribution in [0.5, 0.6) is 5.75 Å². The Morgan fingerprint density at radius 3 is 2.39 bits per heavy atom. The minimum atomic E-state index is -4.62. The maximum Gasteiger partial charge on any atom is 0.295 e. The van der Waals surface area contributed by atoms with E-state index in [2.05, 4.69) is 0 Å². The molecule has 2 N–H and O–H groups in total. The monoisotopic (exact) mass is 269 g/mol. The van der Waals surface area contributed by atoms with E-state index in [1.165, 1.54) is 12.1 Å². The van der Waals surface area contributed by atoms with Crippen molar-refractivity contribution in [2.45, 2.75) is 4.90 Å². The van der Waals surface area contributed by atoms with Gasteiger partial charge < -0.3 is 5.11 Å². The molecule has 0 unspecified atom stereocenters. The molecule has 2 aromatic carbocycles. The number of aromatic hydroxyl groups is 1. The lowest BCUT2D eigenvalue weighted by Crippen LogP contribution is -2.01. The summed E-state index contributed by atoms with van der Waals surface area (Å²) >= 11 is 0. The Balaban J connectivity index is 3.07. The molecule has 0 radical (unpaired) electrons. The molecule has 94 valence electrons. The van der Waals surface area contributed by atoms with Crippen LogP contribution in [0, 0.1) is 10.1 Å². The lowest BCUT2D eigenvalue weighted by Gasteiger charge is -2.05. The largest absolute Gasteiger partial charge is 0.507 e. The summed E-state index contributed by atoms with van der Waals surface area (Å²) in [5.74, 6) is -0.305. The third-order valence-electron chi connectivity index (χ3n) is 2.43. The zero-order valence-corrected chi connectivity index (χ0v) is 9.59. The summed E-state index contributed by atoms with van der Waals surface area (Å²) in [6.07, 6.45) is 0. The number of phenolic OH excluding ortho intramolecular Hbond substituents is 1. The zero-order valence-electron chi connectivity index (χ0n) is 8.77. The van der Waals surface area contributed by atoms with Gasteiger partial charge in [0, 0.05) is 11.5 Å². The number of nitro benzene ring substituents is 1. The highest BCUT2D eigenvalue weighted by molar-refractivity contribution is 7.86. The van der Waals surface area contributed by atoms with Crippen LogP contribution in [-0.4, -0.2) is 23.0 Å². The van der Waals surface area contributed by atoms with Gasteiger partial charge in [-0.25, -0.2) is 0 Å². The fourth-order valence-corrected chi connectivity index (χ4v) is 2.43. The zero-order chi connectivity index (χ0) is 13.5. The number of non-ortho nitro benzene ring substituents is 1. The topological polar surface area (TPSA) is 118 Å². The maximum atomic E-state index is 11.2. The Bertz CT molecular complexity index is 752. The molecule has 0 atom stereocenters. The second kappa shape index (κ2) is 3.93. The summed E-state index contributed by atoms with van der Waals surface area (Å²) < 4.78 is 31.4. The third-order valence-corrected chi connectivity index (χ3v) is 3.33. The molecule has 0 aromatic heterocycles. The van der Waals surface area contributed by atoms with Gasteiger partial charge in [-0.15, -0.1) is 0 Å². The van der Waals surface area contributed by atoms with Gasteiger partial charge >= 0.3 is 0 Å². The highest BCUT2D eigenvalue weighted by atomic mass is 32.2. The molecule has 0 fully saturated rings. The Morgan fingerprint density at radius 1 is 1.17 bits per heavy atom.